The quantitative estimate of drug-likeness (QED) is 0.673. The Morgan fingerprint density at radius 2 is 1.80 bits per heavy atom. The second-order valence-electron chi connectivity index (χ2n) is 5.96. The van der Waals surface area contributed by atoms with E-state index < -0.39 is 0 Å². The molecule has 0 saturated carbocycles. The van der Waals surface area contributed by atoms with E-state index in [0.717, 1.165) is 16.4 Å². The van der Waals surface area contributed by atoms with Crippen molar-refractivity contribution < 1.29 is 19.1 Å². The van der Waals surface area contributed by atoms with Gasteiger partial charge in [-0.05, 0) is 18.2 Å². The molecule has 4 rings (SSSR count). The lowest BCUT2D eigenvalue weighted by Gasteiger charge is -2.26. The molecule has 0 aliphatic carbocycles. The molecule has 3 heterocycles. The van der Waals surface area contributed by atoms with Crippen LogP contribution in [0.1, 0.15) is 20.7 Å². The first kappa shape index (κ1) is 15.7. The maximum absolute atomic E-state index is 12.7. The smallest absolute Gasteiger partial charge is 0.340 e. The van der Waals surface area contributed by atoms with Crippen LogP contribution in [0.5, 0.6) is 0 Å². The molecule has 0 radical (unpaired) electrons. The molecule has 0 unspecified atom stereocenters. The molecule has 3 aromatic rings. The Balaban J connectivity index is 1.87. The van der Waals surface area contributed by atoms with Gasteiger partial charge in [0.25, 0.3) is 5.91 Å². The fourth-order valence-electron chi connectivity index (χ4n) is 3.33. The van der Waals surface area contributed by atoms with Gasteiger partial charge in [0.2, 0.25) is 0 Å². The minimum atomic E-state index is -0.383. The summed E-state index contributed by atoms with van der Waals surface area (Å²) in [7, 11) is 1.37. The number of amides is 1. The fraction of sp³-hybridized carbons (Fsp3) is 0.263. The van der Waals surface area contributed by atoms with E-state index in [9.17, 15) is 9.59 Å². The Hall–Kier alpha value is -2.86. The van der Waals surface area contributed by atoms with Crippen molar-refractivity contribution in [1.82, 2.24) is 9.30 Å². The van der Waals surface area contributed by atoms with Crippen molar-refractivity contribution in [3.8, 4) is 0 Å². The molecule has 1 amide bonds. The van der Waals surface area contributed by atoms with E-state index >= 15 is 0 Å². The van der Waals surface area contributed by atoms with Crippen LogP contribution in [0.2, 0.25) is 0 Å². The molecule has 6 nitrogen and oxygen atoms in total. The van der Waals surface area contributed by atoms with Crippen molar-refractivity contribution in [2.45, 2.75) is 0 Å². The highest BCUT2D eigenvalue weighted by molar-refractivity contribution is 6.12. The molecule has 0 spiro atoms. The van der Waals surface area contributed by atoms with Crippen molar-refractivity contribution in [1.29, 1.82) is 0 Å². The number of hydrogen-bond acceptors (Lipinski definition) is 4. The van der Waals surface area contributed by atoms with Crippen LogP contribution in [-0.2, 0) is 9.47 Å². The summed E-state index contributed by atoms with van der Waals surface area (Å²) in [6, 6.07) is 11.2. The molecule has 1 aromatic carbocycles. The first-order valence-electron chi connectivity index (χ1n) is 8.19. The summed E-state index contributed by atoms with van der Waals surface area (Å²) in [6.07, 6.45) is 1.79. The molecule has 6 heteroatoms. The standard InChI is InChI=1S/C19H18N2O4/c1-24-19(23)17-14-4-2-3-5-15(14)21-12-13(6-7-16(17)21)18(22)20-8-10-25-11-9-20/h2-7,12H,8-11H2,1H3. The monoisotopic (exact) mass is 338 g/mol. The first-order chi connectivity index (χ1) is 12.2. The van der Waals surface area contributed by atoms with E-state index in [1.54, 1.807) is 23.2 Å². The largest absolute Gasteiger partial charge is 0.465 e. The highest BCUT2D eigenvalue weighted by atomic mass is 16.5. The predicted molar refractivity (Wildman–Crippen MR) is 93.0 cm³/mol. The van der Waals surface area contributed by atoms with Crippen molar-refractivity contribution >= 4 is 28.3 Å². The summed E-state index contributed by atoms with van der Waals surface area (Å²) in [5.74, 6) is -0.409. The third-order valence-corrected chi connectivity index (χ3v) is 4.57. The molecule has 2 aromatic heterocycles. The molecule has 0 bridgehead atoms. The normalized spacial score (nSPS) is 14.8. The van der Waals surface area contributed by atoms with Gasteiger partial charge in [-0.25, -0.2) is 4.79 Å². The average Bonchev–Trinajstić information content (AvgIpc) is 3.01. The molecule has 1 aliphatic rings. The van der Waals surface area contributed by atoms with Crippen LogP contribution in [0.4, 0.5) is 0 Å². The molecule has 128 valence electrons. The second kappa shape index (κ2) is 6.22. The number of aromatic nitrogens is 1. The lowest BCUT2D eigenvalue weighted by atomic mass is 10.1. The molecule has 1 fully saturated rings. The van der Waals surface area contributed by atoms with Crippen LogP contribution < -0.4 is 0 Å². The lowest BCUT2D eigenvalue weighted by Crippen LogP contribution is -2.40. The van der Waals surface area contributed by atoms with Gasteiger partial charge in [0.1, 0.15) is 0 Å². The average molecular weight is 338 g/mol. The zero-order valence-electron chi connectivity index (χ0n) is 13.9. The number of esters is 1. The van der Waals surface area contributed by atoms with E-state index in [1.165, 1.54) is 7.11 Å². The Morgan fingerprint density at radius 1 is 1.04 bits per heavy atom. The summed E-state index contributed by atoms with van der Waals surface area (Å²) in [5, 5.41) is 0.810. The van der Waals surface area contributed by atoms with Gasteiger partial charge < -0.3 is 18.8 Å². The highest BCUT2D eigenvalue weighted by Gasteiger charge is 2.22. The number of para-hydroxylation sites is 1. The lowest BCUT2D eigenvalue weighted by molar-refractivity contribution is 0.0302. The van der Waals surface area contributed by atoms with Gasteiger partial charge in [-0.15, -0.1) is 0 Å². The van der Waals surface area contributed by atoms with Crippen molar-refractivity contribution in [2.24, 2.45) is 0 Å². The van der Waals surface area contributed by atoms with Gasteiger partial charge in [0.15, 0.2) is 0 Å². The van der Waals surface area contributed by atoms with Crippen LogP contribution in [0.15, 0.2) is 42.6 Å². The number of ether oxygens (including phenoxy) is 2. The van der Waals surface area contributed by atoms with E-state index in [-0.39, 0.29) is 11.9 Å². The zero-order chi connectivity index (χ0) is 17.4. The first-order valence-corrected chi connectivity index (χ1v) is 8.19. The Labute approximate surface area is 144 Å². The number of pyridine rings is 1. The molecule has 0 N–H and O–H groups in total. The van der Waals surface area contributed by atoms with Crippen LogP contribution >= 0.6 is 0 Å². The Bertz CT molecular complexity index is 970. The number of carbonyl (C=O) groups is 2. The SMILES string of the molecule is COC(=O)c1c2ccccc2n2cc(C(=O)N3CCOCC3)ccc12. The molecule has 25 heavy (non-hydrogen) atoms. The number of methoxy groups -OCH3 is 1. The Morgan fingerprint density at radius 3 is 2.56 bits per heavy atom. The zero-order valence-corrected chi connectivity index (χ0v) is 13.9. The maximum Gasteiger partial charge on any atom is 0.340 e. The van der Waals surface area contributed by atoms with Crippen molar-refractivity contribution in [3.63, 3.8) is 0 Å². The van der Waals surface area contributed by atoms with E-state index in [0.29, 0.717) is 37.4 Å². The second-order valence-corrected chi connectivity index (χ2v) is 5.96. The van der Waals surface area contributed by atoms with Gasteiger partial charge >= 0.3 is 5.97 Å². The predicted octanol–water partition coefficient (Wildman–Crippen LogP) is 2.35. The summed E-state index contributed by atoms with van der Waals surface area (Å²) in [5.41, 5.74) is 2.70. The number of hydrogen-bond donors (Lipinski definition) is 0. The summed E-state index contributed by atoms with van der Waals surface area (Å²) in [6.45, 7) is 2.31. The maximum atomic E-state index is 12.7. The number of morpholine rings is 1. The molecule has 1 aliphatic heterocycles. The van der Waals surface area contributed by atoms with Gasteiger partial charge in [0, 0.05) is 24.7 Å². The van der Waals surface area contributed by atoms with Gasteiger partial charge in [-0.2, -0.15) is 0 Å². The number of fused-ring (bicyclic) bond motifs is 3. The highest BCUT2D eigenvalue weighted by Crippen LogP contribution is 2.28. The molecular weight excluding hydrogens is 320 g/mol. The molecule has 0 atom stereocenters. The topological polar surface area (TPSA) is 60.2 Å². The number of carbonyl (C=O) groups excluding carboxylic acids is 2. The Kier molecular flexibility index (Phi) is 3.89. The van der Waals surface area contributed by atoms with Gasteiger partial charge in [-0.1, -0.05) is 18.2 Å². The van der Waals surface area contributed by atoms with Crippen LogP contribution in [0.3, 0.4) is 0 Å². The van der Waals surface area contributed by atoms with Gasteiger partial charge in [0.05, 0.1) is 42.5 Å². The molecular formula is C19H18N2O4. The van der Waals surface area contributed by atoms with E-state index in [1.807, 2.05) is 28.7 Å². The summed E-state index contributed by atoms with van der Waals surface area (Å²) in [4.78, 5) is 26.8. The third-order valence-electron chi connectivity index (χ3n) is 4.57. The van der Waals surface area contributed by atoms with Crippen molar-refractivity contribution in [2.75, 3.05) is 33.4 Å². The minimum Gasteiger partial charge on any atom is -0.465 e. The number of nitrogens with zero attached hydrogens (tertiary/aromatic N) is 2. The number of rotatable bonds is 2. The van der Waals surface area contributed by atoms with Crippen LogP contribution in [-0.4, -0.2) is 54.6 Å². The molecule has 1 saturated heterocycles. The van der Waals surface area contributed by atoms with Crippen molar-refractivity contribution in [3.05, 3.63) is 53.7 Å². The van der Waals surface area contributed by atoms with Crippen LogP contribution in [0.25, 0.3) is 16.4 Å². The van der Waals surface area contributed by atoms with Gasteiger partial charge in [-0.3, -0.25) is 4.79 Å². The summed E-state index contributed by atoms with van der Waals surface area (Å²) >= 11 is 0. The van der Waals surface area contributed by atoms with E-state index in [2.05, 4.69) is 0 Å². The fourth-order valence-corrected chi connectivity index (χ4v) is 3.33. The third kappa shape index (κ3) is 2.55. The van der Waals surface area contributed by atoms with E-state index in [4.69, 9.17) is 9.47 Å². The summed E-state index contributed by atoms with van der Waals surface area (Å²) < 4.78 is 12.1. The van der Waals surface area contributed by atoms with Crippen LogP contribution in [0, 0.1) is 0 Å². The number of benzene rings is 1. The minimum absolute atomic E-state index is 0.0254.